The quantitative estimate of drug-likeness (QED) is 0.470. The fourth-order valence-corrected chi connectivity index (χ4v) is 1.95. The molecule has 0 aromatic carbocycles. The number of rotatable bonds is 8. The van der Waals surface area contributed by atoms with Gasteiger partial charge in [0.05, 0.1) is 6.61 Å². The lowest BCUT2D eigenvalue weighted by Crippen LogP contribution is -2.37. The molecule has 88 valence electrons. The van der Waals surface area contributed by atoms with E-state index >= 15 is 0 Å². The van der Waals surface area contributed by atoms with Crippen LogP contribution in [0.2, 0.25) is 0 Å². The molecular weight excluding hydrogens is 210 g/mol. The highest BCUT2D eigenvalue weighted by Crippen LogP contribution is 2.34. The highest BCUT2D eigenvalue weighted by molar-refractivity contribution is 6.18. The molecule has 0 saturated heterocycles. The molecule has 2 nitrogen and oxygen atoms in total. The number of nitrogens with zero attached hydrogens (tertiary/aromatic N) is 1. The molecule has 0 heterocycles. The molecule has 1 aliphatic rings. The van der Waals surface area contributed by atoms with Crippen molar-refractivity contribution in [2.75, 3.05) is 32.7 Å². The number of hydrogen-bond acceptors (Lipinski definition) is 2. The van der Waals surface area contributed by atoms with Crippen LogP contribution in [-0.2, 0) is 4.74 Å². The standard InChI is InChI=1S/C12H22ClNO/c1-11(12-5-6-12)14(9-10-15-2)8-4-3-7-13/h3-4,11-12H,5-10H2,1-2H3. The Bertz CT molecular complexity index is 192. The molecule has 3 heteroatoms. The number of halogens is 1. The molecular formula is C12H22ClNO. The van der Waals surface area contributed by atoms with E-state index in [1.807, 2.05) is 6.08 Å². The molecule has 1 fully saturated rings. The third kappa shape index (κ3) is 5.01. The zero-order valence-electron chi connectivity index (χ0n) is 9.79. The zero-order valence-corrected chi connectivity index (χ0v) is 10.5. The van der Waals surface area contributed by atoms with Gasteiger partial charge in [-0.05, 0) is 25.7 Å². The van der Waals surface area contributed by atoms with Gasteiger partial charge in [-0.3, -0.25) is 4.90 Å². The third-order valence-corrected chi connectivity index (χ3v) is 3.24. The molecule has 0 spiro atoms. The van der Waals surface area contributed by atoms with Gasteiger partial charge in [-0.1, -0.05) is 12.2 Å². The van der Waals surface area contributed by atoms with Crippen molar-refractivity contribution in [1.82, 2.24) is 4.90 Å². The SMILES string of the molecule is COCCN(CC=CCCl)C(C)C1CC1. The van der Waals surface area contributed by atoms with Gasteiger partial charge in [0, 0.05) is 32.1 Å². The van der Waals surface area contributed by atoms with Gasteiger partial charge in [-0.15, -0.1) is 11.6 Å². The number of ether oxygens (including phenoxy) is 1. The summed E-state index contributed by atoms with van der Waals surface area (Å²) < 4.78 is 5.14. The van der Waals surface area contributed by atoms with Gasteiger partial charge in [0.1, 0.15) is 0 Å². The predicted octanol–water partition coefficient (Wildman–Crippen LogP) is 2.53. The zero-order chi connectivity index (χ0) is 11.1. The van der Waals surface area contributed by atoms with Crippen molar-refractivity contribution < 1.29 is 4.74 Å². The van der Waals surface area contributed by atoms with E-state index < -0.39 is 0 Å². The van der Waals surface area contributed by atoms with Gasteiger partial charge in [-0.2, -0.15) is 0 Å². The molecule has 0 amide bonds. The maximum Gasteiger partial charge on any atom is 0.0589 e. The Morgan fingerprint density at radius 3 is 2.73 bits per heavy atom. The van der Waals surface area contributed by atoms with Crippen molar-refractivity contribution in [1.29, 1.82) is 0 Å². The lowest BCUT2D eigenvalue weighted by Gasteiger charge is -2.27. The van der Waals surface area contributed by atoms with E-state index in [1.165, 1.54) is 12.8 Å². The van der Waals surface area contributed by atoms with Crippen LogP contribution in [0.5, 0.6) is 0 Å². The fourth-order valence-electron chi connectivity index (χ4n) is 1.82. The highest BCUT2D eigenvalue weighted by atomic mass is 35.5. The number of allylic oxidation sites excluding steroid dienone is 1. The van der Waals surface area contributed by atoms with Crippen molar-refractivity contribution in [3.63, 3.8) is 0 Å². The molecule has 1 unspecified atom stereocenters. The van der Waals surface area contributed by atoms with Crippen molar-refractivity contribution in [2.45, 2.75) is 25.8 Å². The number of methoxy groups -OCH3 is 1. The topological polar surface area (TPSA) is 12.5 Å². The van der Waals surface area contributed by atoms with Crippen LogP contribution in [-0.4, -0.2) is 43.6 Å². The van der Waals surface area contributed by atoms with Gasteiger partial charge in [0.2, 0.25) is 0 Å². The first kappa shape index (κ1) is 13.0. The van der Waals surface area contributed by atoms with Crippen molar-refractivity contribution in [3.05, 3.63) is 12.2 Å². The maximum atomic E-state index is 5.61. The monoisotopic (exact) mass is 231 g/mol. The molecule has 0 bridgehead atoms. The van der Waals surface area contributed by atoms with Crippen LogP contribution >= 0.6 is 11.6 Å². The lowest BCUT2D eigenvalue weighted by atomic mass is 10.2. The Kier molecular flexibility index (Phi) is 6.30. The highest BCUT2D eigenvalue weighted by Gasteiger charge is 2.31. The Hall–Kier alpha value is -0.0500. The van der Waals surface area contributed by atoms with Gasteiger partial charge >= 0.3 is 0 Å². The van der Waals surface area contributed by atoms with Gasteiger partial charge in [-0.25, -0.2) is 0 Å². The largest absolute Gasteiger partial charge is 0.383 e. The predicted molar refractivity (Wildman–Crippen MR) is 65.5 cm³/mol. The minimum absolute atomic E-state index is 0.607. The first-order valence-electron chi connectivity index (χ1n) is 5.73. The van der Waals surface area contributed by atoms with Crippen LogP contribution in [0.25, 0.3) is 0 Å². The molecule has 0 aliphatic heterocycles. The Labute approximate surface area is 98.2 Å². The average Bonchev–Trinajstić information content (AvgIpc) is 3.06. The summed E-state index contributed by atoms with van der Waals surface area (Å²) in [6, 6.07) is 0.681. The smallest absolute Gasteiger partial charge is 0.0589 e. The Morgan fingerprint density at radius 1 is 1.47 bits per heavy atom. The van der Waals surface area contributed by atoms with Crippen LogP contribution in [0.3, 0.4) is 0 Å². The summed E-state index contributed by atoms with van der Waals surface area (Å²) in [4.78, 5) is 2.48. The maximum absolute atomic E-state index is 5.61. The number of hydrogen-bond donors (Lipinski definition) is 0. The summed E-state index contributed by atoms with van der Waals surface area (Å²) in [5, 5.41) is 0. The normalized spacial score (nSPS) is 18.9. The minimum atomic E-state index is 0.607. The van der Waals surface area contributed by atoms with Crippen LogP contribution in [0, 0.1) is 5.92 Å². The fraction of sp³-hybridized carbons (Fsp3) is 0.833. The van der Waals surface area contributed by atoms with E-state index in [2.05, 4.69) is 17.9 Å². The second-order valence-electron chi connectivity index (χ2n) is 4.19. The van der Waals surface area contributed by atoms with Gasteiger partial charge < -0.3 is 4.74 Å². The van der Waals surface area contributed by atoms with E-state index in [1.54, 1.807) is 7.11 Å². The first-order chi connectivity index (χ1) is 7.29. The Morgan fingerprint density at radius 2 is 2.20 bits per heavy atom. The van der Waals surface area contributed by atoms with E-state index in [-0.39, 0.29) is 0 Å². The van der Waals surface area contributed by atoms with Gasteiger partial charge in [0.15, 0.2) is 0 Å². The second-order valence-corrected chi connectivity index (χ2v) is 4.50. The molecule has 1 rings (SSSR count). The van der Waals surface area contributed by atoms with Crippen LogP contribution in [0.4, 0.5) is 0 Å². The lowest BCUT2D eigenvalue weighted by molar-refractivity contribution is 0.126. The van der Waals surface area contributed by atoms with E-state index in [9.17, 15) is 0 Å². The molecule has 0 aromatic heterocycles. The first-order valence-corrected chi connectivity index (χ1v) is 6.27. The van der Waals surface area contributed by atoms with Crippen LogP contribution < -0.4 is 0 Å². The summed E-state index contributed by atoms with van der Waals surface area (Å²) in [6.45, 7) is 5.14. The summed E-state index contributed by atoms with van der Waals surface area (Å²) >= 11 is 5.61. The molecule has 0 radical (unpaired) electrons. The molecule has 1 aliphatic carbocycles. The molecule has 1 atom stereocenters. The Balaban J connectivity index is 2.32. The number of alkyl halides is 1. The summed E-state index contributed by atoms with van der Waals surface area (Å²) in [6.07, 6.45) is 6.95. The van der Waals surface area contributed by atoms with E-state index in [4.69, 9.17) is 16.3 Å². The minimum Gasteiger partial charge on any atom is -0.383 e. The average molecular weight is 232 g/mol. The molecule has 15 heavy (non-hydrogen) atoms. The van der Waals surface area contributed by atoms with Crippen LogP contribution in [0.15, 0.2) is 12.2 Å². The summed E-state index contributed by atoms with van der Waals surface area (Å²) in [5.74, 6) is 1.52. The second kappa shape index (κ2) is 7.26. The van der Waals surface area contributed by atoms with E-state index in [0.717, 1.165) is 25.6 Å². The summed E-state index contributed by atoms with van der Waals surface area (Å²) in [5.41, 5.74) is 0. The third-order valence-electron chi connectivity index (χ3n) is 3.06. The van der Waals surface area contributed by atoms with Crippen molar-refractivity contribution in [2.24, 2.45) is 5.92 Å². The van der Waals surface area contributed by atoms with Crippen LogP contribution in [0.1, 0.15) is 19.8 Å². The summed E-state index contributed by atoms with van der Waals surface area (Å²) in [7, 11) is 1.76. The molecule has 0 aromatic rings. The molecule has 0 N–H and O–H groups in total. The van der Waals surface area contributed by atoms with Crippen molar-refractivity contribution in [3.8, 4) is 0 Å². The van der Waals surface area contributed by atoms with E-state index in [0.29, 0.717) is 11.9 Å². The van der Waals surface area contributed by atoms with Gasteiger partial charge in [0.25, 0.3) is 0 Å². The van der Waals surface area contributed by atoms with Crippen molar-refractivity contribution >= 4 is 11.6 Å². The molecule has 1 saturated carbocycles.